The van der Waals surface area contributed by atoms with Crippen molar-refractivity contribution in [3.63, 3.8) is 0 Å². The van der Waals surface area contributed by atoms with Crippen LogP contribution in [0, 0.1) is 0 Å². The van der Waals surface area contributed by atoms with Crippen molar-refractivity contribution in [2.75, 3.05) is 0 Å². The summed E-state index contributed by atoms with van der Waals surface area (Å²) in [6.07, 6.45) is 6.07. The molecule has 0 radical (unpaired) electrons. The third-order valence-corrected chi connectivity index (χ3v) is 4.33. The maximum Gasteiger partial charge on any atom is 0.0709 e. The lowest BCUT2D eigenvalue weighted by atomic mass is 10.1. The molecule has 5 aromatic rings. The third kappa shape index (κ3) is 4.31. The Morgan fingerprint density at radius 1 is 0.593 bits per heavy atom. The van der Waals surface area contributed by atoms with Gasteiger partial charge in [-0.05, 0) is 41.3 Å². The van der Waals surface area contributed by atoms with E-state index < -0.39 is 0 Å². The first kappa shape index (κ1) is 16.8. The highest BCUT2D eigenvalue weighted by Gasteiger charge is 1.94. The molecular weight excluding hydrogens is 328 g/mol. The molecule has 2 nitrogen and oxygen atoms in total. The van der Waals surface area contributed by atoms with E-state index in [1.807, 2.05) is 66.9 Å². The Morgan fingerprint density at radius 2 is 1.33 bits per heavy atom. The SMILES string of the molecule is C(=Cc1ccc2ccccc2n1)c1ccccc1.c1ccc2[nH]ccc2c1. The summed E-state index contributed by atoms with van der Waals surface area (Å²) in [5, 5.41) is 2.45. The standard InChI is InChI=1S/C17H13N.C8H7N/c1-2-6-14(7-3-1)10-12-16-13-11-15-8-4-5-9-17(15)18-16;1-2-4-8-7(3-1)5-6-9-8/h1-13H;1-6,9H. The minimum atomic E-state index is 0.984. The van der Waals surface area contributed by atoms with Gasteiger partial charge in [-0.1, -0.05) is 78.9 Å². The van der Waals surface area contributed by atoms with Crippen molar-refractivity contribution in [2.45, 2.75) is 0 Å². The van der Waals surface area contributed by atoms with Gasteiger partial charge < -0.3 is 4.98 Å². The van der Waals surface area contributed by atoms with E-state index in [4.69, 9.17) is 0 Å². The maximum atomic E-state index is 4.60. The Bertz CT molecular complexity index is 1140. The van der Waals surface area contributed by atoms with Gasteiger partial charge in [0.1, 0.15) is 0 Å². The highest BCUT2D eigenvalue weighted by molar-refractivity contribution is 5.81. The highest BCUT2D eigenvalue weighted by Crippen LogP contribution is 2.13. The molecule has 0 spiro atoms. The maximum absolute atomic E-state index is 4.60. The molecule has 27 heavy (non-hydrogen) atoms. The lowest BCUT2D eigenvalue weighted by Gasteiger charge is -1.98. The van der Waals surface area contributed by atoms with Crippen LogP contribution in [-0.4, -0.2) is 9.97 Å². The number of aromatic nitrogens is 2. The van der Waals surface area contributed by atoms with Crippen LogP contribution >= 0.6 is 0 Å². The number of H-pyrrole nitrogens is 1. The molecule has 2 heterocycles. The molecule has 0 fully saturated rings. The first-order valence-corrected chi connectivity index (χ1v) is 8.99. The van der Waals surface area contributed by atoms with Gasteiger partial charge in [0.25, 0.3) is 0 Å². The van der Waals surface area contributed by atoms with Crippen LogP contribution in [0.5, 0.6) is 0 Å². The Morgan fingerprint density at radius 3 is 2.19 bits per heavy atom. The monoisotopic (exact) mass is 348 g/mol. The van der Waals surface area contributed by atoms with Gasteiger partial charge in [-0.3, -0.25) is 0 Å². The molecule has 1 N–H and O–H groups in total. The molecular formula is C25H20N2. The first-order valence-electron chi connectivity index (χ1n) is 8.99. The molecule has 5 rings (SSSR count). The van der Waals surface area contributed by atoms with Crippen LogP contribution in [0.3, 0.4) is 0 Å². The van der Waals surface area contributed by atoms with E-state index in [1.54, 1.807) is 0 Å². The van der Waals surface area contributed by atoms with Crippen LogP contribution in [0.1, 0.15) is 11.3 Å². The van der Waals surface area contributed by atoms with E-state index in [1.165, 1.54) is 21.9 Å². The van der Waals surface area contributed by atoms with E-state index in [2.05, 4.69) is 58.5 Å². The number of hydrogen-bond donors (Lipinski definition) is 1. The number of rotatable bonds is 2. The first-order chi connectivity index (χ1) is 13.4. The van der Waals surface area contributed by atoms with E-state index >= 15 is 0 Å². The smallest absolute Gasteiger partial charge is 0.0709 e. The number of para-hydroxylation sites is 2. The Labute approximate surface area is 158 Å². The van der Waals surface area contributed by atoms with E-state index in [9.17, 15) is 0 Å². The molecule has 0 saturated heterocycles. The number of benzene rings is 3. The fourth-order valence-electron chi connectivity index (χ4n) is 2.92. The number of pyridine rings is 1. The summed E-state index contributed by atoms with van der Waals surface area (Å²) in [6.45, 7) is 0. The summed E-state index contributed by atoms with van der Waals surface area (Å²) < 4.78 is 0. The summed E-state index contributed by atoms with van der Waals surface area (Å²) in [5.41, 5.74) is 4.41. The van der Waals surface area contributed by atoms with Gasteiger partial charge in [-0.15, -0.1) is 0 Å². The Balaban J connectivity index is 0.000000167. The summed E-state index contributed by atoms with van der Waals surface area (Å²) in [4.78, 5) is 7.72. The van der Waals surface area contributed by atoms with Crippen molar-refractivity contribution < 1.29 is 0 Å². The molecule has 0 aliphatic carbocycles. The molecule has 0 amide bonds. The second-order valence-electron chi connectivity index (χ2n) is 6.24. The minimum Gasteiger partial charge on any atom is -0.361 e. The number of hydrogen-bond acceptors (Lipinski definition) is 1. The molecule has 0 unspecified atom stereocenters. The zero-order valence-corrected chi connectivity index (χ0v) is 14.9. The van der Waals surface area contributed by atoms with Crippen LogP contribution in [-0.2, 0) is 0 Å². The predicted octanol–water partition coefficient (Wildman–Crippen LogP) is 6.57. The van der Waals surface area contributed by atoms with Crippen molar-refractivity contribution in [1.29, 1.82) is 0 Å². The molecule has 0 aliphatic rings. The summed E-state index contributed by atoms with van der Waals surface area (Å²) in [5.74, 6) is 0. The summed E-state index contributed by atoms with van der Waals surface area (Å²) in [6, 6.07) is 32.8. The zero-order chi connectivity index (χ0) is 18.3. The quantitative estimate of drug-likeness (QED) is 0.384. The summed E-state index contributed by atoms with van der Waals surface area (Å²) in [7, 11) is 0. The van der Waals surface area contributed by atoms with Gasteiger partial charge in [0, 0.05) is 17.1 Å². The van der Waals surface area contributed by atoms with Gasteiger partial charge in [0.2, 0.25) is 0 Å². The molecule has 3 aromatic carbocycles. The second kappa shape index (κ2) is 8.15. The van der Waals surface area contributed by atoms with Crippen LogP contribution in [0.4, 0.5) is 0 Å². The van der Waals surface area contributed by atoms with Gasteiger partial charge in [-0.25, -0.2) is 4.98 Å². The van der Waals surface area contributed by atoms with E-state index in [-0.39, 0.29) is 0 Å². The van der Waals surface area contributed by atoms with Gasteiger partial charge in [0.15, 0.2) is 0 Å². The lowest BCUT2D eigenvalue weighted by molar-refractivity contribution is 1.37. The van der Waals surface area contributed by atoms with Crippen molar-refractivity contribution >= 4 is 34.0 Å². The van der Waals surface area contributed by atoms with Gasteiger partial charge >= 0.3 is 0 Å². The van der Waals surface area contributed by atoms with Crippen LogP contribution < -0.4 is 0 Å². The molecule has 130 valence electrons. The molecule has 0 saturated carbocycles. The lowest BCUT2D eigenvalue weighted by Crippen LogP contribution is -1.82. The topological polar surface area (TPSA) is 28.7 Å². The molecule has 2 aromatic heterocycles. The number of fused-ring (bicyclic) bond motifs is 2. The predicted molar refractivity (Wildman–Crippen MR) is 115 cm³/mol. The fourth-order valence-corrected chi connectivity index (χ4v) is 2.92. The normalized spacial score (nSPS) is 10.8. The largest absolute Gasteiger partial charge is 0.361 e. The Hall–Kier alpha value is -3.65. The number of aromatic amines is 1. The molecule has 0 bridgehead atoms. The van der Waals surface area contributed by atoms with Gasteiger partial charge in [0.05, 0.1) is 11.2 Å². The molecule has 0 aliphatic heterocycles. The van der Waals surface area contributed by atoms with Crippen LogP contribution in [0.15, 0.2) is 103 Å². The van der Waals surface area contributed by atoms with Crippen molar-refractivity contribution in [1.82, 2.24) is 9.97 Å². The summed E-state index contributed by atoms with van der Waals surface area (Å²) >= 11 is 0. The fraction of sp³-hybridized carbons (Fsp3) is 0. The average Bonchev–Trinajstić information content (AvgIpc) is 3.22. The van der Waals surface area contributed by atoms with Crippen molar-refractivity contribution in [2.24, 2.45) is 0 Å². The molecule has 2 heteroatoms. The van der Waals surface area contributed by atoms with Crippen molar-refractivity contribution in [3.05, 3.63) is 115 Å². The van der Waals surface area contributed by atoms with E-state index in [0.717, 1.165) is 11.2 Å². The average molecular weight is 348 g/mol. The number of nitrogens with zero attached hydrogens (tertiary/aromatic N) is 1. The highest BCUT2D eigenvalue weighted by atomic mass is 14.7. The Kier molecular flexibility index (Phi) is 5.07. The zero-order valence-electron chi connectivity index (χ0n) is 14.9. The number of nitrogens with one attached hydrogen (secondary N) is 1. The van der Waals surface area contributed by atoms with Gasteiger partial charge in [-0.2, -0.15) is 0 Å². The van der Waals surface area contributed by atoms with Crippen molar-refractivity contribution in [3.8, 4) is 0 Å². The van der Waals surface area contributed by atoms with E-state index in [0.29, 0.717) is 0 Å². The van der Waals surface area contributed by atoms with Crippen LogP contribution in [0.25, 0.3) is 34.0 Å². The second-order valence-corrected chi connectivity index (χ2v) is 6.24. The van der Waals surface area contributed by atoms with Crippen LogP contribution in [0.2, 0.25) is 0 Å². The third-order valence-electron chi connectivity index (χ3n) is 4.33. The molecule has 0 atom stereocenters. The minimum absolute atomic E-state index is 0.984.